The van der Waals surface area contributed by atoms with Gasteiger partial charge in [0.25, 0.3) is 0 Å². The van der Waals surface area contributed by atoms with Crippen molar-refractivity contribution in [1.82, 2.24) is 0 Å². The van der Waals surface area contributed by atoms with Crippen LogP contribution in [-0.2, 0) is 0 Å². The maximum Gasteiger partial charge on any atom is 0.125 e. The van der Waals surface area contributed by atoms with E-state index in [9.17, 15) is 4.39 Å². The lowest BCUT2D eigenvalue weighted by atomic mass is 9.83. The Hall–Kier alpha value is -0.785. The predicted octanol–water partition coefficient (Wildman–Crippen LogP) is 1.52. The minimum atomic E-state index is -0.0995. The number of benzene rings is 1. The van der Waals surface area contributed by atoms with E-state index in [-0.39, 0.29) is 11.6 Å². The van der Waals surface area contributed by atoms with Crippen molar-refractivity contribution >= 4 is 7.85 Å². The molecule has 0 heterocycles. The molecule has 0 saturated heterocycles. The second-order valence-electron chi connectivity index (χ2n) is 2.68. The molecule has 1 aromatic carbocycles. The van der Waals surface area contributed by atoms with Crippen molar-refractivity contribution in [3.05, 3.63) is 35.6 Å². The van der Waals surface area contributed by atoms with Crippen molar-refractivity contribution in [2.24, 2.45) is 0 Å². The molecule has 0 fully saturated rings. The zero-order chi connectivity index (χ0) is 7.56. The van der Waals surface area contributed by atoms with Gasteiger partial charge in [-0.25, -0.2) is 4.39 Å². The monoisotopic (exact) mass is 136 g/mol. The summed E-state index contributed by atoms with van der Waals surface area (Å²) in [7, 11) is 1.98. The topological polar surface area (TPSA) is 0 Å². The minimum absolute atomic E-state index is 0.0995. The quantitative estimate of drug-likeness (QED) is 0.513. The van der Waals surface area contributed by atoms with Crippen LogP contribution in [0.5, 0.6) is 0 Å². The molecule has 0 N–H and O–H groups in total. The lowest BCUT2D eigenvalue weighted by molar-refractivity contribution is 0.610. The highest BCUT2D eigenvalue weighted by molar-refractivity contribution is 6.12. The Bertz CT molecular complexity index is 220. The summed E-state index contributed by atoms with van der Waals surface area (Å²) >= 11 is 0. The molecular formula is C8H10BF. The maximum absolute atomic E-state index is 12.8. The van der Waals surface area contributed by atoms with Gasteiger partial charge < -0.3 is 0 Å². The van der Waals surface area contributed by atoms with Crippen molar-refractivity contribution < 1.29 is 4.39 Å². The van der Waals surface area contributed by atoms with E-state index in [0.29, 0.717) is 0 Å². The van der Waals surface area contributed by atoms with Gasteiger partial charge in [-0.1, -0.05) is 25.1 Å². The molecule has 0 saturated carbocycles. The Morgan fingerprint density at radius 1 is 1.40 bits per heavy atom. The van der Waals surface area contributed by atoms with E-state index in [4.69, 9.17) is 0 Å². The number of hydrogen-bond donors (Lipinski definition) is 0. The Labute approximate surface area is 61.5 Å². The highest BCUT2D eigenvalue weighted by atomic mass is 19.1. The van der Waals surface area contributed by atoms with E-state index in [1.807, 2.05) is 26.9 Å². The molecule has 0 nitrogen and oxygen atoms in total. The van der Waals surface area contributed by atoms with E-state index >= 15 is 0 Å². The van der Waals surface area contributed by atoms with Crippen molar-refractivity contribution in [2.45, 2.75) is 12.7 Å². The molecule has 0 spiro atoms. The van der Waals surface area contributed by atoms with E-state index < -0.39 is 0 Å². The smallest absolute Gasteiger partial charge is 0.125 e. The van der Waals surface area contributed by atoms with E-state index in [1.165, 1.54) is 6.07 Å². The zero-order valence-corrected chi connectivity index (χ0v) is 6.26. The Morgan fingerprint density at radius 2 is 2.00 bits per heavy atom. The van der Waals surface area contributed by atoms with Gasteiger partial charge in [0.05, 0.1) is 0 Å². The molecule has 0 aromatic heterocycles. The third-order valence-electron chi connectivity index (χ3n) is 1.53. The first-order valence-electron chi connectivity index (χ1n) is 3.46. The Morgan fingerprint density at radius 3 is 2.40 bits per heavy atom. The van der Waals surface area contributed by atoms with Gasteiger partial charge >= 0.3 is 0 Å². The summed E-state index contributed by atoms with van der Waals surface area (Å²) in [5.74, 6) is 0.179. The average molecular weight is 136 g/mol. The third-order valence-corrected chi connectivity index (χ3v) is 1.53. The van der Waals surface area contributed by atoms with E-state index in [1.54, 1.807) is 6.07 Å². The molecule has 2 heteroatoms. The molecule has 1 rings (SSSR count). The van der Waals surface area contributed by atoms with Gasteiger partial charge in [0, 0.05) is 0 Å². The summed E-state index contributed by atoms with van der Waals surface area (Å²) < 4.78 is 12.8. The first-order valence-corrected chi connectivity index (χ1v) is 3.46. The average Bonchev–Trinajstić information content (AvgIpc) is 1.88. The summed E-state index contributed by atoms with van der Waals surface area (Å²) in [6.45, 7) is 1.98. The molecule has 52 valence electrons. The lowest BCUT2D eigenvalue weighted by Gasteiger charge is -2.04. The SMILES string of the molecule is BC(C)c1ccccc1F. The van der Waals surface area contributed by atoms with Crippen LogP contribution in [0.2, 0.25) is 0 Å². The maximum atomic E-state index is 12.8. The van der Waals surface area contributed by atoms with Crippen LogP contribution >= 0.6 is 0 Å². The van der Waals surface area contributed by atoms with Gasteiger partial charge in [0.1, 0.15) is 13.7 Å². The Kier molecular flexibility index (Phi) is 2.10. The van der Waals surface area contributed by atoms with Gasteiger partial charge in [-0.3, -0.25) is 0 Å². The molecule has 0 amide bonds. The number of rotatable bonds is 1. The number of halogens is 1. The van der Waals surface area contributed by atoms with E-state index in [0.717, 1.165) is 5.56 Å². The largest absolute Gasteiger partial charge is 0.207 e. The predicted molar refractivity (Wildman–Crippen MR) is 43.4 cm³/mol. The fraction of sp³-hybridized carbons (Fsp3) is 0.250. The summed E-state index contributed by atoms with van der Waals surface area (Å²) in [6, 6.07) is 6.88. The third kappa shape index (κ3) is 1.38. The number of hydrogen-bond acceptors (Lipinski definition) is 0. The zero-order valence-electron chi connectivity index (χ0n) is 6.26. The van der Waals surface area contributed by atoms with Crippen molar-refractivity contribution in [2.75, 3.05) is 0 Å². The second-order valence-corrected chi connectivity index (χ2v) is 2.68. The van der Waals surface area contributed by atoms with Crippen LogP contribution < -0.4 is 0 Å². The van der Waals surface area contributed by atoms with E-state index in [2.05, 4.69) is 0 Å². The molecule has 0 aliphatic carbocycles. The van der Waals surface area contributed by atoms with Crippen molar-refractivity contribution in [1.29, 1.82) is 0 Å². The van der Waals surface area contributed by atoms with Crippen LogP contribution in [0.3, 0.4) is 0 Å². The van der Waals surface area contributed by atoms with Gasteiger partial charge in [-0.2, -0.15) is 0 Å². The van der Waals surface area contributed by atoms with Crippen LogP contribution in [0.1, 0.15) is 18.3 Å². The molecule has 0 aliphatic rings. The van der Waals surface area contributed by atoms with Crippen LogP contribution in [0.15, 0.2) is 24.3 Å². The molecule has 1 unspecified atom stereocenters. The summed E-state index contributed by atoms with van der Waals surface area (Å²) in [6.07, 6.45) is 0. The first-order chi connectivity index (χ1) is 4.72. The molecule has 1 aromatic rings. The molecule has 0 radical (unpaired) electrons. The standard InChI is InChI=1S/C8H10BF/c1-6(9)7-4-2-3-5-8(7)10/h2-6H,9H2,1H3. The molecular weight excluding hydrogens is 126 g/mol. The lowest BCUT2D eigenvalue weighted by Crippen LogP contribution is -1.94. The highest BCUT2D eigenvalue weighted by Crippen LogP contribution is 2.14. The van der Waals surface area contributed by atoms with Crippen LogP contribution in [0, 0.1) is 5.82 Å². The minimum Gasteiger partial charge on any atom is -0.207 e. The summed E-state index contributed by atoms with van der Waals surface area (Å²) in [4.78, 5) is 0. The fourth-order valence-corrected chi connectivity index (χ4v) is 0.943. The molecule has 0 aliphatic heterocycles. The van der Waals surface area contributed by atoms with Crippen molar-refractivity contribution in [3.8, 4) is 0 Å². The van der Waals surface area contributed by atoms with Crippen molar-refractivity contribution in [3.63, 3.8) is 0 Å². The van der Waals surface area contributed by atoms with Crippen LogP contribution in [0.25, 0.3) is 0 Å². The molecule has 1 atom stereocenters. The van der Waals surface area contributed by atoms with Gasteiger partial charge in [0.2, 0.25) is 0 Å². The van der Waals surface area contributed by atoms with Crippen LogP contribution in [0.4, 0.5) is 4.39 Å². The fourth-order valence-electron chi connectivity index (χ4n) is 0.943. The highest BCUT2D eigenvalue weighted by Gasteiger charge is 2.02. The normalized spacial score (nSPS) is 13.0. The Balaban J connectivity index is 3.03. The summed E-state index contributed by atoms with van der Waals surface area (Å²) in [5.41, 5.74) is 0.794. The van der Waals surface area contributed by atoms with Gasteiger partial charge in [0.15, 0.2) is 0 Å². The molecule has 10 heavy (non-hydrogen) atoms. The summed E-state index contributed by atoms with van der Waals surface area (Å²) in [5, 5.41) is 0. The second kappa shape index (κ2) is 2.87. The molecule has 0 bridgehead atoms. The first kappa shape index (κ1) is 7.32. The van der Waals surface area contributed by atoms with Crippen LogP contribution in [-0.4, -0.2) is 7.85 Å². The van der Waals surface area contributed by atoms with Gasteiger partial charge in [-0.15, -0.1) is 0 Å². The van der Waals surface area contributed by atoms with Gasteiger partial charge in [-0.05, 0) is 17.4 Å².